The minimum absolute atomic E-state index is 0.891. The summed E-state index contributed by atoms with van der Waals surface area (Å²) >= 11 is 1.90. The van der Waals surface area contributed by atoms with Crippen molar-refractivity contribution in [3.8, 4) is 22.4 Å². The van der Waals surface area contributed by atoms with Crippen LogP contribution in [0, 0.1) is 13.8 Å². The zero-order valence-corrected chi connectivity index (χ0v) is 22.5. The van der Waals surface area contributed by atoms with Gasteiger partial charge in [0.25, 0.3) is 0 Å². The summed E-state index contributed by atoms with van der Waals surface area (Å²) in [4.78, 5) is 10.3. The van der Waals surface area contributed by atoms with Gasteiger partial charge in [-0.3, -0.25) is 4.98 Å². The number of thiophene rings is 1. The molecule has 184 valence electrons. The highest BCUT2D eigenvalue weighted by Gasteiger charge is 2.16. The maximum atomic E-state index is 5.29. The molecular weight excluding hydrogens is 492 g/mol. The van der Waals surface area contributed by atoms with E-state index in [9.17, 15) is 0 Å². The minimum Gasteiger partial charge on any atom is -0.252 e. The molecule has 3 heteroatoms. The summed E-state index contributed by atoms with van der Waals surface area (Å²) in [5, 5.41) is 7.35. The number of hydrogen-bond donors (Lipinski definition) is 0. The molecule has 2 heterocycles. The van der Waals surface area contributed by atoms with Crippen molar-refractivity contribution in [2.45, 2.75) is 13.8 Å². The molecule has 2 aromatic heterocycles. The van der Waals surface area contributed by atoms with Crippen LogP contribution in [0.1, 0.15) is 11.1 Å². The predicted molar refractivity (Wildman–Crippen MR) is 168 cm³/mol. The Labute approximate surface area is 230 Å². The summed E-state index contributed by atoms with van der Waals surface area (Å²) < 4.78 is 2.74. The molecule has 0 saturated heterocycles. The quantitative estimate of drug-likeness (QED) is 0.214. The number of aromatic nitrogens is 2. The lowest BCUT2D eigenvalue weighted by atomic mass is 9.94. The Balaban J connectivity index is 1.39. The van der Waals surface area contributed by atoms with Crippen LogP contribution in [0.3, 0.4) is 0 Å². The normalized spacial score (nSPS) is 11.8. The molecule has 0 unspecified atom stereocenters. The van der Waals surface area contributed by atoms with Crippen molar-refractivity contribution in [1.82, 2.24) is 9.97 Å². The number of hydrogen-bond acceptors (Lipinski definition) is 3. The highest BCUT2D eigenvalue weighted by Crippen LogP contribution is 2.42. The van der Waals surface area contributed by atoms with Crippen LogP contribution in [0.2, 0.25) is 0 Å². The van der Waals surface area contributed by atoms with E-state index in [1.165, 1.54) is 53.2 Å². The Morgan fingerprint density at radius 3 is 1.90 bits per heavy atom. The first-order chi connectivity index (χ1) is 19.2. The second kappa shape index (κ2) is 8.45. The molecule has 0 saturated carbocycles. The van der Waals surface area contributed by atoms with Crippen LogP contribution >= 0.6 is 11.3 Å². The van der Waals surface area contributed by atoms with Crippen molar-refractivity contribution >= 4 is 64.1 Å². The number of rotatable bonds is 2. The maximum absolute atomic E-state index is 5.29. The van der Waals surface area contributed by atoms with E-state index >= 15 is 0 Å². The fraction of sp³-hybridized carbons (Fsp3) is 0.0556. The van der Waals surface area contributed by atoms with E-state index in [0.29, 0.717) is 0 Å². The standard InChI is InChI=1S/C36H24N2S/c1-21-10-9-17-30-31-19-23(18-22(2)36(31)39-35(21)30)24-11-3-6-14-27(24)32-20-37-33-28-15-7-4-12-25(28)26-13-5-8-16-29(26)34(33)38-32/h3-20H,1-2H3. The number of nitrogens with zero attached hydrogens (tertiary/aromatic N) is 2. The van der Waals surface area contributed by atoms with Crippen molar-refractivity contribution in [3.63, 3.8) is 0 Å². The lowest BCUT2D eigenvalue weighted by Gasteiger charge is -2.13. The molecule has 6 aromatic carbocycles. The smallest absolute Gasteiger partial charge is 0.0979 e. The Kier molecular flexibility index (Phi) is 4.85. The first-order valence-electron chi connectivity index (χ1n) is 13.3. The fourth-order valence-corrected chi connectivity index (χ4v) is 7.30. The van der Waals surface area contributed by atoms with E-state index in [4.69, 9.17) is 9.97 Å². The molecule has 0 aliphatic heterocycles. The van der Waals surface area contributed by atoms with Crippen LogP contribution in [0.15, 0.2) is 109 Å². The summed E-state index contributed by atoms with van der Waals surface area (Å²) in [6.07, 6.45) is 1.94. The van der Waals surface area contributed by atoms with Crippen molar-refractivity contribution in [2.24, 2.45) is 0 Å². The monoisotopic (exact) mass is 516 g/mol. The van der Waals surface area contributed by atoms with Crippen LogP contribution in [-0.4, -0.2) is 9.97 Å². The van der Waals surface area contributed by atoms with Gasteiger partial charge < -0.3 is 0 Å². The van der Waals surface area contributed by atoms with E-state index in [2.05, 4.69) is 117 Å². The van der Waals surface area contributed by atoms with E-state index in [1.54, 1.807) is 0 Å². The van der Waals surface area contributed by atoms with Gasteiger partial charge in [-0.1, -0.05) is 91.0 Å². The molecule has 0 aliphatic carbocycles. The second-order valence-corrected chi connectivity index (χ2v) is 11.3. The van der Waals surface area contributed by atoms with E-state index < -0.39 is 0 Å². The summed E-state index contributed by atoms with van der Waals surface area (Å²) in [5.41, 5.74) is 8.91. The predicted octanol–water partition coefficient (Wildman–Crippen LogP) is 10.3. The lowest BCUT2D eigenvalue weighted by Crippen LogP contribution is -1.94. The SMILES string of the molecule is Cc1cccc2c1sc1c(C)cc(-c3ccccc3-c3cnc4c5ccccc5c5ccccc5c4n3)cc12. The average molecular weight is 517 g/mol. The van der Waals surface area contributed by atoms with Crippen molar-refractivity contribution < 1.29 is 0 Å². The Bertz CT molecular complexity index is 2220. The highest BCUT2D eigenvalue weighted by molar-refractivity contribution is 7.26. The molecule has 0 amide bonds. The third-order valence-electron chi connectivity index (χ3n) is 7.92. The molecule has 0 atom stereocenters. The van der Waals surface area contributed by atoms with Crippen LogP contribution in [-0.2, 0) is 0 Å². The second-order valence-electron chi connectivity index (χ2n) is 10.3. The average Bonchev–Trinajstić information content (AvgIpc) is 3.38. The molecule has 2 nitrogen and oxygen atoms in total. The van der Waals surface area contributed by atoms with Gasteiger partial charge in [0.1, 0.15) is 0 Å². The summed E-state index contributed by atoms with van der Waals surface area (Å²) in [6, 6.07) is 36.9. The molecule has 8 rings (SSSR count). The number of benzene rings is 6. The third kappa shape index (κ3) is 3.33. The highest BCUT2D eigenvalue weighted by atomic mass is 32.1. The topological polar surface area (TPSA) is 25.8 Å². The summed E-state index contributed by atoms with van der Waals surface area (Å²) in [7, 11) is 0. The number of aryl methyl sites for hydroxylation is 2. The largest absolute Gasteiger partial charge is 0.252 e. The van der Waals surface area contributed by atoms with E-state index in [1.807, 2.05) is 17.5 Å². The third-order valence-corrected chi connectivity index (χ3v) is 9.41. The zero-order chi connectivity index (χ0) is 26.1. The lowest BCUT2D eigenvalue weighted by molar-refractivity contribution is 1.31. The van der Waals surface area contributed by atoms with Crippen molar-refractivity contribution in [1.29, 1.82) is 0 Å². The molecule has 8 aromatic rings. The number of fused-ring (bicyclic) bond motifs is 9. The minimum atomic E-state index is 0.891. The summed E-state index contributed by atoms with van der Waals surface area (Å²) in [5.74, 6) is 0. The van der Waals surface area contributed by atoms with Gasteiger partial charge in [-0.25, -0.2) is 4.98 Å². The van der Waals surface area contributed by atoms with Gasteiger partial charge in [-0.15, -0.1) is 11.3 Å². The maximum Gasteiger partial charge on any atom is 0.0979 e. The van der Waals surface area contributed by atoms with Crippen LogP contribution in [0.25, 0.3) is 75.1 Å². The van der Waals surface area contributed by atoms with Crippen LogP contribution in [0.5, 0.6) is 0 Å². The van der Waals surface area contributed by atoms with E-state index in [0.717, 1.165) is 33.1 Å². The van der Waals surface area contributed by atoms with Gasteiger partial charge in [0.15, 0.2) is 0 Å². The van der Waals surface area contributed by atoms with Gasteiger partial charge in [-0.2, -0.15) is 0 Å². The molecule has 0 spiro atoms. The van der Waals surface area contributed by atoms with Crippen LogP contribution < -0.4 is 0 Å². The summed E-state index contributed by atoms with van der Waals surface area (Å²) in [6.45, 7) is 4.43. The molecule has 0 N–H and O–H groups in total. The van der Waals surface area contributed by atoms with Gasteiger partial charge in [-0.05, 0) is 59.0 Å². The van der Waals surface area contributed by atoms with Crippen molar-refractivity contribution in [3.05, 3.63) is 120 Å². The van der Waals surface area contributed by atoms with Gasteiger partial charge in [0, 0.05) is 36.5 Å². The molecular formula is C36H24N2S. The molecule has 0 fully saturated rings. The first-order valence-corrected chi connectivity index (χ1v) is 14.1. The molecule has 0 bridgehead atoms. The van der Waals surface area contributed by atoms with Crippen molar-refractivity contribution in [2.75, 3.05) is 0 Å². The Hall–Kier alpha value is -4.60. The molecule has 0 radical (unpaired) electrons. The molecule has 39 heavy (non-hydrogen) atoms. The van der Waals surface area contributed by atoms with Crippen LogP contribution in [0.4, 0.5) is 0 Å². The van der Waals surface area contributed by atoms with Gasteiger partial charge >= 0.3 is 0 Å². The van der Waals surface area contributed by atoms with E-state index in [-0.39, 0.29) is 0 Å². The Morgan fingerprint density at radius 1 is 0.513 bits per heavy atom. The van der Waals surface area contributed by atoms with Gasteiger partial charge in [0.05, 0.1) is 22.9 Å². The zero-order valence-electron chi connectivity index (χ0n) is 21.7. The molecule has 0 aliphatic rings. The van der Waals surface area contributed by atoms with Gasteiger partial charge in [0.2, 0.25) is 0 Å². The Morgan fingerprint density at radius 2 is 1.13 bits per heavy atom. The first kappa shape index (κ1) is 22.4. The fourth-order valence-electron chi connectivity index (χ4n) is 6.08.